The molecule has 0 saturated carbocycles. The second-order valence-corrected chi connectivity index (χ2v) is 8.37. The van der Waals surface area contributed by atoms with Gasteiger partial charge >= 0.3 is 5.69 Å². The number of nitrogen functional groups attached to an aromatic ring is 1. The second-order valence-electron chi connectivity index (χ2n) is 7.51. The van der Waals surface area contributed by atoms with Crippen LogP contribution in [0.25, 0.3) is 0 Å². The molecule has 168 valence electrons. The number of thioether (sulfide) groups is 1. The molecule has 0 unspecified atom stereocenters. The van der Waals surface area contributed by atoms with Crippen LogP contribution in [0.1, 0.15) is 41.3 Å². The van der Waals surface area contributed by atoms with Crippen LogP contribution in [0.3, 0.4) is 0 Å². The number of hydrogen-bond acceptors (Lipinski definition) is 5. The van der Waals surface area contributed by atoms with Crippen molar-refractivity contribution < 1.29 is 4.79 Å². The molecule has 0 saturated heterocycles. The third-order valence-electron chi connectivity index (χ3n) is 5.16. The average Bonchev–Trinajstić information content (AvgIpc) is 2.79. The summed E-state index contributed by atoms with van der Waals surface area (Å²) in [5.74, 6) is 0.481. The monoisotopic (exact) mass is 452 g/mol. The van der Waals surface area contributed by atoms with Gasteiger partial charge in [0.05, 0.1) is 6.54 Å². The standard InChI is InChI=1S/C24H28N4O3S/c1-3-4-14-27-21(25)20(22(29)26-24(27)31)28(15-17-8-6-5-7-9-17)23(30)19-12-10-18(11-13-19)16-32-2/h5-13H,3-4,14-16,25H2,1-2H3,(H,26,29,31). The number of nitrogens with zero attached hydrogens (tertiary/aromatic N) is 2. The van der Waals surface area contributed by atoms with Crippen LogP contribution in [-0.4, -0.2) is 21.7 Å². The molecule has 3 N–H and O–H groups in total. The van der Waals surface area contributed by atoms with Gasteiger partial charge in [-0.05, 0) is 35.9 Å². The van der Waals surface area contributed by atoms with Gasteiger partial charge in [0, 0.05) is 17.9 Å². The third-order valence-corrected chi connectivity index (χ3v) is 5.78. The summed E-state index contributed by atoms with van der Waals surface area (Å²) in [5.41, 5.74) is 7.43. The lowest BCUT2D eigenvalue weighted by Gasteiger charge is -2.25. The van der Waals surface area contributed by atoms with Gasteiger partial charge in [-0.15, -0.1) is 0 Å². The SMILES string of the molecule is CCCCn1c(N)c(N(Cc2ccccc2)C(=O)c2ccc(CSC)cc2)c(=O)[nH]c1=O. The van der Waals surface area contributed by atoms with E-state index in [0.717, 1.165) is 29.7 Å². The number of nitrogens with two attached hydrogens (primary N) is 1. The van der Waals surface area contributed by atoms with Gasteiger partial charge in [0.1, 0.15) is 5.82 Å². The molecule has 0 atom stereocenters. The van der Waals surface area contributed by atoms with Crippen LogP contribution in [-0.2, 0) is 18.8 Å². The van der Waals surface area contributed by atoms with Crippen molar-refractivity contribution in [3.63, 3.8) is 0 Å². The lowest BCUT2D eigenvalue weighted by molar-refractivity contribution is 0.0984. The van der Waals surface area contributed by atoms with E-state index in [-0.39, 0.29) is 24.0 Å². The van der Waals surface area contributed by atoms with E-state index in [1.807, 2.05) is 55.6 Å². The first-order valence-corrected chi connectivity index (χ1v) is 11.9. The summed E-state index contributed by atoms with van der Waals surface area (Å²) < 4.78 is 1.33. The molecule has 0 aliphatic rings. The molecule has 8 heteroatoms. The van der Waals surface area contributed by atoms with E-state index in [2.05, 4.69) is 4.98 Å². The summed E-state index contributed by atoms with van der Waals surface area (Å²) in [6, 6.07) is 16.7. The van der Waals surface area contributed by atoms with Gasteiger partial charge in [-0.25, -0.2) is 4.79 Å². The van der Waals surface area contributed by atoms with Crippen molar-refractivity contribution in [2.75, 3.05) is 16.9 Å². The fourth-order valence-electron chi connectivity index (χ4n) is 3.46. The Balaban J connectivity index is 2.10. The molecule has 1 heterocycles. The molecule has 0 aliphatic carbocycles. The van der Waals surface area contributed by atoms with Gasteiger partial charge in [0.2, 0.25) is 0 Å². The molecule has 1 amide bonds. The predicted octanol–water partition coefficient (Wildman–Crippen LogP) is 3.63. The van der Waals surface area contributed by atoms with Crippen LogP contribution >= 0.6 is 11.8 Å². The molecule has 0 spiro atoms. The number of nitrogens with one attached hydrogen (secondary N) is 1. The maximum absolute atomic E-state index is 13.6. The Morgan fingerprint density at radius 2 is 1.75 bits per heavy atom. The number of amides is 1. The fourth-order valence-corrected chi connectivity index (χ4v) is 3.99. The topological polar surface area (TPSA) is 101 Å². The minimum absolute atomic E-state index is 0.00418. The van der Waals surface area contributed by atoms with E-state index in [9.17, 15) is 14.4 Å². The molecule has 2 aromatic carbocycles. The summed E-state index contributed by atoms with van der Waals surface area (Å²) in [5, 5.41) is 0. The number of aromatic amines is 1. The quantitative estimate of drug-likeness (QED) is 0.516. The molecule has 32 heavy (non-hydrogen) atoms. The molecule has 0 aliphatic heterocycles. The zero-order valence-corrected chi connectivity index (χ0v) is 19.2. The van der Waals surface area contributed by atoms with Crippen molar-refractivity contribution in [2.45, 2.75) is 38.6 Å². The Labute approximate surface area is 191 Å². The Morgan fingerprint density at radius 3 is 2.38 bits per heavy atom. The van der Waals surface area contributed by atoms with Crippen LogP contribution < -0.4 is 21.9 Å². The number of benzene rings is 2. The smallest absolute Gasteiger partial charge is 0.330 e. The first-order valence-electron chi connectivity index (χ1n) is 10.5. The molecule has 3 rings (SSSR count). The van der Waals surface area contributed by atoms with Crippen molar-refractivity contribution in [1.29, 1.82) is 0 Å². The summed E-state index contributed by atoms with van der Waals surface area (Å²) in [6.45, 7) is 2.51. The van der Waals surface area contributed by atoms with Gasteiger partial charge in [-0.3, -0.25) is 24.0 Å². The molecule has 3 aromatic rings. The Kier molecular flexibility index (Phi) is 7.94. The Morgan fingerprint density at radius 1 is 1.06 bits per heavy atom. The third kappa shape index (κ3) is 5.31. The maximum atomic E-state index is 13.6. The van der Waals surface area contributed by atoms with E-state index in [4.69, 9.17) is 5.73 Å². The number of H-pyrrole nitrogens is 1. The van der Waals surface area contributed by atoms with Crippen molar-refractivity contribution in [3.8, 4) is 0 Å². The highest BCUT2D eigenvalue weighted by molar-refractivity contribution is 7.97. The Hall–Kier alpha value is -3.26. The molecular formula is C24H28N4O3S. The van der Waals surface area contributed by atoms with Gasteiger partial charge < -0.3 is 5.73 Å². The number of hydrogen-bond donors (Lipinski definition) is 2. The summed E-state index contributed by atoms with van der Waals surface area (Å²) >= 11 is 1.70. The minimum Gasteiger partial charge on any atom is -0.383 e. The van der Waals surface area contributed by atoms with Crippen molar-refractivity contribution in [2.24, 2.45) is 0 Å². The van der Waals surface area contributed by atoms with E-state index in [1.165, 1.54) is 9.47 Å². The molecule has 0 bridgehead atoms. The number of anilines is 2. The highest BCUT2D eigenvalue weighted by Crippen LogP contribution is 2.23. The molecular weight excluding hydrogens is 424 g/mol. The van der Waals surface area contributed by atoms with Gasteiger partial charge in [0.25, 0.3) is 11.5 Å². The van der Waals surface area contributed by atoms with Crippen molar-refractivity contribution >= 4 is 29.2 Å². The van der Waals surface area contributed by atoms with Crippen LogP contribution in [0.5, 0.6) is 0 Å². The summed E-state index contributed by atoms with van der Waals surface area (Å²) in [6.07, 6.45) is 3.59. The number of unbranched alkanes of at least 4 members (excludes halogenated alkanes) is 1. The van der Waals surface area contributed by atoms with Crippen LogP contribution in [0, 0.1) is 0 Å². The first kappa shape index (κ1) is 23.4. The Bertz CT molecular complexity index is 1170. The van der Waals surface area contributed by atoms with E-state index in [1.54, 1.807) is 23.9 Å². The van der Waals surface area contributed by atoms with Gasteiger partial charge in [-0.2, -0.15) is 11.8 Å². The second kappa shape index (κ2) is 10.9. The van der Waals surface area contributed by atoms with Crippen LogP contribution in [0.4, 0.5) is 11.5 Å². The minimum atomic E-state index is -0.677. The van der Waals surface area contributed by atoms with E-state index in [0.29, 0.717) is 12.1 Å². The summed E-state index contributed by atoms with van der Waals surface area (Å²) in [7, 11) is 0. The molecule has 0 radical (unpaired) electrons. The molecule has 1 aromatic heterocycles. The number of carbonyl (C=O) groups is 1. The zero-order chi connectivity index (χ0) is 23.1. The lowest BCUT2D eigenvalue weighted by atomic mass is 10.1. The number of carbonyl (C=O) groups excluding carboxylic acids is 1. The van der Waals surface area contributed by atoms with Crippen molar-refractivity contribution in [3.05, 3.63) is 92.1 Å². The van der Waals surface area contributed by atoms with E-state index < -0.39 is 11.2 Å². The van der Waals surface area contributed by atoms with Crippen molar-refractivity contribution in [1.82, 2.24) is 9.55 Å². The van der Waals surface area contributed by atoms with Gasteiger partial charge in [-0.1, -0.05) is 55.8 Å². The molecule has 7 nitrogen and oxygen atoms in total. The fraction of sp³-hybridized carbons (Fsp3) is 0.292. The zero-order valence-electron chi connectivity index (χ0n) is 18.3. The lowest BCUT2D eigenvalue weighted by Crippen LogP contribution is -2.41. The summed E-state index contributed by atoms with van der Waals surface area (Å²) in [4.78, 5) is 42.5. The van der Waals surface area contributed by atoms with Crippen LogP contribution in [0.15, 0.2) is 64.2 Å². The van der Waals surface area contributed by atoms with Crippen LogP contribution in [0.2, 0.25) is 0 Å². The predicted molar refractivity (Wildman–Crippen MR) is 131 cm³/mol. The first-order chi connectivity index (χ1) is 15.5. The maximum Gasteiger partial charge on any atom is 0.330 e. The number of rotatable bonds is 9. The van der Waals surface area contributed by atoms with Gasteiger partial charge in [0.15, 0.2) is 5.69 Å². The number of aromatic nitrogens is 2. The largest absolute Gasteiger partial charge is 0.383 e. The highest BCUT2D eigenvalue weighted by Gasteiger charge is 2.25. The normalized spacial score (nSPS) is 10.8. The van der Waals surface area contributed by atoms with E-state index >= 15 is 0 Å². The molecule has 0 fully saturated rings. The highest BCUT2D eigenvalue weighted by atomic mass is 32.2. The average molecular weight is 453 g/mol.